The molecule has 0 saturated carbocycles. The van der Waals surface area contributed by atoms with E-state index in [1.807, 2.05) is 54.6 Å². The van der Waals surface area contributed by atoms with E-state index < -0.39 is 0 Å². The van der Waals surface area contributed by atoms with Gasteiger partial charge in [0.2, 0.25) is 0 Å². The first-order valence-corrected chi connectivity index (χ1v) is 8.52. The van der Waals surface area contributed by atoms with Crippen LogP contribution in [0.3, 0.4) is 0 Å². The third kappa shape index (κ3) is 6.26. The first kappa shape index (κ1) is 17.9. The molecule has 23 heavy (non-hydrogen) atoms. The Morgan fingerprint density at radius 3 is 2.00 bits per heavy atom. The van der Waals surface area contributed by atoms with Crippen LogP contribution >= 0.6 is 39.1 Å². The average molecular weight is 410 g/mol. The quantitative estimate of drug-likeness (QED) is 0.496. The lowest BCUT2D eigenvalue weighted by Crippen LogP contribution is -1.88. The van der Waals surface area contributed by atoms with Crippen molar-refractivity contribution >= 4 is 39.1 Å². The molecule has 3 rings (SSSR count). The van der Waals surface area contributed by atoms with Gasteiger partial charge in [0.25, 0.3) is 0 Å². The number of phenolic OH excluding ortho intramolecular Hbond substituents is 1. The predicted molar refractivity (Wildman–Crippen MR) is 102 cm³/mol. The molecule has 1 N–H and O–H groups in total. The molecule has 0 saturated heterocycles. The van der Waals surface area contributed by atoms with Crippen molar-refractivity contribution in [3.63, 3.8) is 0 Å². The van der Waals surface area contributed by atoms with Crippen molar-refractivity contribution in [2.75, 3.05) is 0 Å². The van der Waals surface area contributed by atoms with Crippen LogP contribution in [0.25, 0.3) is 0 Å². The molecule has 0 fully saturated rings. The van der Waals surface area contributed by atoms with Crippen LogP contribution in [0.15, 0.2) is 77.3 Å². The van der Waals surface area contributed by atoms with Gasteiger partial charge in [-0.25, -0.2) is 0 Å². The van der Waals surface area contributed by atoms with E-state index in [1.54, 1.807) is 18.2 Å². The zero-order chi connectivity index (χ0) is 16.7. The molecular weight excluding hydrogens is 395 g/mol. The molecule has 0 aromatic heterocycles. The van der Waals surface area contributed by atoms with Gasteiger partial charge in [0.15, 0.2) is 0 Å². The standard InChI is InChI=1S/C13H11ClO.C6H4BrCl/c14-12-6-7-13(15)11(9-12)8-10-4-2-1-3-5-10;7-5-1-3-6(8)4-2-5/h1-7,9,15H,8H2;1-4H. The predicted octanol–water partition coefficient (Wildman–Crippen LogP) is 6.74. The van der Waals surface area contributed by atoms with E-state index in [1.165, 1.54) is 0 Å². The number of hydrogen-bond acceptors (Lipinski definition) is 1. The number of hydrogen-bond donors (Lipinski definition) is 1. The summed E-state index contributed by atoms with van der Waals surface area (Å²) in [7, 11) is 0. The van der Waals surface area contributed by atoms with Crippen molar-refractivity contribution in [1.82, 2.24) is 0 Å². The van der Waals surface area contributed by atoms with E-state index in [2.05, 4.69) is 15.9 Å². The highest BCUT2D eigenvalue weighted by Crippen LogP contribution is 2.23. The second kappa shape index (κ2) is 8.97. The van der Waals surface area contributed by atoms with Crippen molar-refractivity contribution in [3.05, 3.63) is 98.4 Å². The molecule has 0 aliphatic rings. The minimum atomic E-state index is 0.295. The zero-order valence-electron chi connectivity index (χ0n) is 12.2. The molecule has 0 radical (unpaired) electrons. The normalized spacial score (nSPS) is 9.87. The van der Waals surface area contributed by atoms with Gasteiger partial charge in [-0.2, -0.15) is 0 Å². The topological polar surface area (TPSA) is 20.2 Å². The van der Waals surface area contributed by atoms with Crippen molar-refractivity contribution < 1.29 is 5.11 Å². The molecule has 3 aromatic rings. The van der Waals surface area contributed by atoms with Crippen LogP contribution in [0, 0.1) is 0 Å². The van der Waals surface area contributed by atoms with Gasteiger partial charge in [0, 0.05) is 20.9 Å². The van der Waals surface area contributed by atoms with E-state index in [-0.39, 0.29) is 0 Å². The van der Waals surface area contributed by atoms with Crippen LogP contribution in [-0.4, -0.2) is 5.11 Å². The fourth-order valence-corrected chi connectivity index (χ4v) is 2.53. The molecule has 0 atom stereocenters. The maximum atomic E-state index is 9.64. The van der Waals surface area contributed by atoms with Crippen molar-refractivity contribution in [2.45, 2.75) is 6.42 Å². The first-order valence-electron chi connectivity index (χ1n) is 6.97. The smallest absolute Gasteiger partial charge is 0.119 e. The van der Waals surface area contributed by atoms with Crippen molar-refractivity contribution in [1.29, 1.82) is 0 Å². The highest BCUT2D eigenvalue weighted by molar-refractivity contribution is 9.10. The number of aromatic hydroxyl groups is 1. The third-order valence-electron chi connectivity index (χ3n) is 3.08. The minimum Gasteiger partial charge on any atom is -0.508 e. The van der Waals surface area contributed by atoms with Crippen LogP contribution in [0.1, 0.15) is 11.1 Å². The summed E-state index contributed by atoms with van der Waals surface area (Å²) in [5.41, 5.74) is 2.02. The summed E-state index contributed by atoms with van der Waals surface area (Å²) in [6.07, 6.45) is 0.702. The van der Waals surface area contributed by atoms with Gasteiger partial charge in [-0.05, 0) is 53.6 Å². The number of halogens is 3. The highest BCUT2D eigenvalue weighted by Gasteiger charge is 2.02. The van der Waals surface area contributed by atoms with E-state index in [9.17, 15) is 5.11 Å². The Hall–Kier alpha value is -1.48. The van der Waals surface area contributed by atoms with Gasteiger partial charge in [0.1, 0.15) is 5.75 Å². The number of phenols is 1. The zero-order valence-corrected chi connectivity index (χ0v) is 15.3. The van der Waals surface area contributed by atoms with Crippen LogP contribution in [0.5, 0.6) is 5.75 Å². The van der Waals surface area contributed by atoms with Gasteiger partial charge in [-0.15, -0.1) is 0 Å². The second-order valence-electron chi connectivity index (χ2n) is 4.87. The fourth-order valence-electron chi connectivity index (χ4n) is 1.94. The Balaban J connectivity index is 0.000000203. The highest BCUT2D eigenvalue weighted by atomic mass is 79.9. The monoisotopic (exact) mass is 408 g/mol. The Labute approximate surface area is 154 Å². The Morgan fingerprint density at radius 1 is 0.783 bits per heavy atom. The lowest BCUT2D eigenvalue weighted by atomic mass is 10.0. The molecule has 0 unspecified atom stereocenters. The second-order valence-corrected chi connectivity index (χ2v) is 6.66. The maximum absolute atomic E-state index is 9.64. The molecule has 1 nitrogen and oxygen atoms in total. The summed E-state index contributed by atoms with van der Waals surface area (Å²) < 4.78 is 1.06. The van der Waals surface area contributed by atoms with Gasteiger partial charge in [-0.1, -0.05) is 69.5 Å². The van der Waals surface area contributed by atoms with E-state index in [4.69, 9.17) is 23.2 Å². The summed E-state index contributed by atoms with van der Waals surface area (Å²) in [5, 5.41) is 11.1. The minimum absolute atomic E-state index is 0.295. The molecule has 0 spiro atoms. The van der Waals surface area contributed by atoms with Gasteiger partial charge in [0.05, 0.1) is 0 Å². The molecular formula is C19H15BrCl2O. The van der Waals surface area contributed by atoms with E-state index in [0.717, 1.165) is 20.6 Å². The molecule has 3 aromatic carbocycles. The van der Waals surface area contributed by atoms with Crippen molar-refractivity contribution in [2.24, 2.45) is 0 Å². The molecule has 0 aliphatic heterocycles. The van der Waals surface area contributed by atoms with E-state index >= 15 is 0 Å². The van der Waals surface area contributed by atoms with Gasteiger partial charge < -0.3 is 5.11 Å². The number of rotatable bonds is 2. The lowest BCUT2D eigenvalue weighted by Gasteiger charge is -2.05. The molecule has 0 aliphatic carbocycles. The van der Waals surface area contributed by atoms with Crippen LogP contribution < -0.4 is 0 Å². The third-order valence-corrected chi connectivity index (χ3v) is 4.10. The van der Waals surface area contributed by atoms with Crippen LogP contribution in [-0.2, 0) is 6.42 Å². The van der Waals surface area contributed by atoms with E-state index in [0.29, 0.717) is 17.2 Å². The summed E-state index contributed by atoms with van der Waals surface area (Å²) in [6, 6.07) is 22.6. The Kier molecular flexibility index (Phi) is 6.97. The molecule has 0 bridgehead atoms. The maximum Gasteiger partial charge on any atom is 0.119 e. The fraction of sp³-hybridized carbons (Fsp3) is 0.0526. The molecule has 4 heteroatoms. The largest absolute Gasteiger partial charge is 0.508 e. The van der Waals surface area contributed by atoms with Gasteiger partial charge >= 0.3 is 0 Å². The summed E-state index contributed by atoms with van der Waals surface area (Å²) in [5.74, 6) is 0.295. The molecule has 0 amide bonds. The van der Waals surface area contributed by atoms with Gasteiger partial charge in [-0.3, -0.25) is 0 Å². The van der Waals surface area contributed by atoms with Crippen molar-refractivity contribution in [3.8, 4) is 5.75 Å². The Morgan fingerprint density at radius 2 is 1.39 bits per heavy atom. The SMILES string of the molecule is Clc1ccc(Br)cc1.Oc1ccc(Cl)cc1Cc1ccccc1. The van der Waals surface area contributed by atoms with Crippen LogP contribution in [0.2, 0.25) is 10.0 Å². The lowest BCUT2D eigenvalue weighted by molar-refractivity contribution is 0.469. The summed E-state index contributed by atoms with van der Waals surface area (Å²) in [4.78, 5) is 0. The summed E-state index contributed by atoms with van der Waals surface area (Å²) in [6.45, 7) is 0. The Bertz CT molecular complexity index is 722. The molecule has 118 valence electrons. The summed E-state index contributed by atoms with van der Waals surface area (Å²) >= 11 is 14.7. The number of benzene rings is 3. The first-order chi connectivity index (χ1) is 11.0. The average Bonchev–Trinajstić information content (AvgIpc) is 2.55. The molecule has 0 heterocycles. The van der Waals surface area contributed by atoms with Crippen LogP contribution in [0.4, 0.5) is 0 Å².